The topological polar surface area (TPSA) is 237 Å². The largest absolute Gasteiger partial charge is 0.472 e. The standard InChI is InChI=1S/C89H174O17P2/c1-7-10-12-14-16-18-20-22-24-26-28-30-32-34-36-41-45-49-53-61-67-73-88(93)105-84(77-99-86(91)71-65-59-52-48-44-40-35-33-31-29-27-25-23-21-19-17-15-13-11-8-2)79-103-107(95,96)101-75-83(90)76-102-108(97,98)104-80-85(78-100-87(92)72-66-60-56-55-57-63-69-81(4)5)106-89(94)74-68-62-54-50-46-42-38-37-39-43-47-51-58-64-70-82(6)9-3/h81-85,90H,7-80H2,1-6H3,(H,95,96)(H,97,98)/t82?,83-,84-,85-/m1/s1. The Morgan fingerprint density at radius 1 is 0.269 bits per heavy atom. The van der Waals surface area contributed by atoms with Gasteiger partial charge in [0.25, 0.3) is 0 Å². The first-order valence-corrected chi connectivity index (χ1v) is 49.0. The van der Waals surface area contributed by atoms with Gasteiger partial charge >= 0.3 is 39.5 Å². The number of rotatable bonds is 88. The van der Waals surface area contributed by atoms with Gasteiger partial charge in [-0.15, -0.1) is 0 Å². The molecule has 3 N–H and O–H groups in total. The first kappa shape index (κ1) is 106. The number of aliphatic hydroxyl groups is 1. The highest BCUT2D eigenvalue weighted by molar-refractivity contribution is 7.47. The van der Waals surface area contributed by atoms with Crippen LogP contribution in [0.1, 0.15) is 478 Å². The Kier molecular flexibility index (Phi) is 78.8. The van der Waals surface area contributed by atoms with Gasteiger partial charge in [-0.25, -0.2) is 9.13 Å². The summed E-state index contributed by atoms with van der Waals surface area (Å²) < 4.78 is 68.9. The van der Waals surface area contributed by atoms with Crippen LogP contribution < -0.4 is 0 Å². The predicted octanol–water partition coefficient (Wildman–Crippen LogP) is 27.4. The molecule has 0 aliphatic carbocycles. The Bertz CT molecular complexity index is 2070. The van der Waals surface area contributed by atoms with Crippen LogP contribution in [0, 0.1) is 11.8 Å². The number of phosphoric ester groups is 2. The second-order valence-corrected chi connectivity index (χ2v) is 35.6. The van der Waals surface area contributed by atoms with Crippen molar-refractivity contribution in [2.75, 3.05) is 39.6 Å². The summed E-state index contributed by atoms with van der Waals surface area (Å²) >= 11 is 0. The molecule has 17 nitrogen and oxygen atoms in total. The minimum Gasteiger partial charge on any atom is -0.462 e. The number of carbonyl (C=O) groups excluding carboxylic acids is 4. The van der Waals surface area contributed by atoms with E-state index in [0.717, 1.165) is 102 Å². The maximum atomic E-state index is 13.2. The molecule has 108 heavy (non-hydrogen) atoms. The molecule has 0 aliphatic heterocycles. The fourth-order valence-electron chi connectivity index (χ4n) is 13.9. The highest BCUT2D eigenvalue weighted by Crippen LogP contribution is 2.45. The van der Waals surface area contributed by atoms with Crippen molar-refractivity contribution < 1.29 is 80.2 Å². The third kappa shape index (κ3) is 80.7. The normalized spacial score (nSPS) is 14.0. The molecule has 0 rings (SSSR count). The van der Waals surface area contributed by atoms with Gasteiger partial charge in [-0.05, 0) is 37.5 Å². The molecule has 0 spiro atoms. The maximum Gasteiger partial charge on any atom is 0.472 e. The van der Waals surface area contributed by atoms with Crippen molar-refractivity contribution in [3.8, 4) is 0 Å². The summed E-state index contributed by atoms with van der Waals surface area (Å²) in [4.78, 5) is 73.3. The Labute approximate surface area is 664 Å². The highest BCUT2D eigenvalue weighted by Gasteiger charge is 2.31. The Morgan fingerprint density at radius 2 is 0.472 bits per heavy atom. The minimum absolute atomic E-state index is 0.107. The summed E-state index contributed by atoms with van der Waals surface area (Å²) in [6.45, 7) is 9.65. The summed E-state index contributed by atoms with van der Waals surface area (Å²) in [5.41, 5.74) is 0. The number of unbranched alkanes of at least 4 members (excludes halogenated alkanes) is 57. The van der Waals surface area contributed by atoms with Crippen molar-refractivity contribution in [2.45, 2.75) is 496 Å². The van der Waals surface area contributed by atoms with E-state index in [0.29, 0.717) is 31.6 Å². The average molecular weight is 1580 g/mol. The molecule has 0 radical (unpaired) electrons. The lowest BCUT2D eigenvalue weighted by molar-refractivity contribution is -0.161. The first-order chi connectivity index (χ1) is 52.4. The molecular weight excluding hydrogens is 1400 g/mol. The molecule has 0 saturated heterocycles. The summed E-state index contributed by atoms with van der Waals surface area (Å²) in [7, 11) is -9.93. The van der Waals surface area contributed by atoms with Gasteiger partial charge in [0, 0.05) is 25.7 Å². The van der Waals surface area contributed by atoms with Crippen molar-refractivity contribution in [1.29, 1.82) is 0 Å². The molecule has 0 aromatic rings. The van der Waals surface area contributed by atoms with Gasteiger partial charge in [0.1, 0.15) is 19.3 Å². The van der Waals surface area contributed by atoms with Crippen LogP contribution >= 0.6 is 15.6 Å². The molecule has 0 bridgehead atoms. The molecule has 19 heteroatoms. The number of esters is 4. The molecule has 642 valence electrons. The number of hydrogen-bond acceptors (Lipinski definition) is 15. The fourth-order valence-corrected chi connectivity index (χ4v) is 15.5. The van der Waals surface area contributed by atoms with Crippen LogP contribution in [-0.2, 0) is 65.4 Å². The zero-order valence-corrected chi connectivity index (χ0v) is 73.0. The SMILES string of the molecule is CCCCCCCCCCCCCCCCCCCCCCCC(=O)O[C@H](COC(=O)CCCCCCCCCCCCCCCCCCCCCC)COP(=O)(O)OC[C@@H](O)COP(=O)(O)OC[C@@H](COC(=O)CCCCCCCCC(C)C)OC(=O)CCCCCCCCCCCCCCCCC(C)CC. The van der Waals surface area contributed by atoms with Crippen molar-refractivity contribution in [3.05, 3.63) is 0 Å². The summed E-state index contributed by atoms with van der Waals surface area (Å²) in [5, 5.41) is 10.7. The van der Waals surface area contributed by atoms with Gasteiger partial charge in [-0.2, -0.15) is 0 Å². The monoisotopic (exact) mass is 1580 g/mol. The smallest absolute Gasteiger partial charge is 0.462 e. The van der Waals surface area contributed by atoms with Gasteiger partial charge in [0.05, 0.1) is 26.4 Å². The molecule has 0 aromatic carbocycles. The predicted molar refractivity (Wildman–Crippen MR) is 446 cm³/mol. The molecule has 0 saturated carbocycles. The third-order valence-corrected chi connectivity index (χ3v) is 23.2. The Hall–Kier alpha value is -1.94. The van der Waals surface area contributed by atoms with Crippen molar-refractivity contribution >= 4 is 39.5 Å². The van der Waals surface area contributed by atoms with E-state index < -0.39 is 97.5 Å². The van der Waals surface area contributed by atoms with Crippen LogP contribution in [0.25, 0.3) is 0 Å². The quantitative estimate of drug-likeness (QED) is 0.0222. The molecular formula is C89H174O17P2. The molecule has 3 unspecified atom stereocenters. The van der Waals surface area contributed by atoms with Gasteiger partial charge in [0.2, 0.25) is 0 Å². The number of phosphoric acid groups is 2. The second kappa shape index (κ2) is 80.3. The van der Waals surface area contributed by atoms with E-state index in [-0.39, 0.29) is 25.7 Å². The second-order valence-electron chi connectivity index (χ2n) is 32.7. The van der Waals surface area contributed by atoms with E-state index in [1.807, 2.05) is 0 Å². The van der Waals surface area contributed by atoms with Gasteiger partial charge in [0.15, 0.2) is 12.2 Å². The first-order valence-electron chi connectivity index (χ1n) is 46.0. The lowest BCUT2D eigenvalue weighted by Gasteiger charge is -2.21. The molecule has 0 fully saturated rings. The Morgan fingerprint density at radius 3 is 0.704 bits per heavy atom. The number of hydrogen-bond donors (Lipinski definition) is 3. The number of carbonyl (C=O) groups is 4. The van der Waals surface area contributed by atoms with Crippen LogP contribution in [0.3, 0.4) is 0 Å². The Balaban J connectivity index is 5.20. The zero-order chi connectivity index (χ0) is 79.2. The summed E-state index contributed by atoms with van der Waals surface area (Å²) in [5.74, 6) is -0.577. The van der Waals surface area contributed by atoms with Gasteiger partial charge < -0.3 is 33.8 Å². The fraction of sp³-hybridized carbons (Fsp3) is 0.955. The van der Waals surface area contributed by atoms with Gasteiger partial charge in [-0.3, -0.25) is 37.3 Å². The molecule has 0 aliphatic rings. The third-order valence-electron chi connectivity index (χ3n) is 21.3. The molecule has 0 aromatic heterocycles. The van der Waals surface area contributed by atoms with E-state index in [9.17, 15) is 43.2 Å². The van der Waals surface area contributed by atoms with E-state index in [1.165, 1.54) is 289 Å². The number of aliphatic hydroxyl groups excluding tert-OH is 1. The van der Waals surface area contributed by atoms with E-state index in [4.69, 9.17) is 37.0 Å². The van der Waals surface area contributed by atoms with Crippen LogP contribution in [0.4, 0.5) is 0 Å². The summed E-state index contributed by atoms with van der Waals surface area (Å²) in [6.07, 6.45) is 73.9. The highest BCUT2D eigenvalue weighted by atomic mass is 31.2. The average Bonchev–Trinajstić information content (AvgIpc) is 0.903. The van der Waals surface area contributed by atoms with E-state index in [1.54, 1.807) is 0 Å². The van der Waals surface area contributed by atoms with Crippen molar-refractivity contribution in [1.82, 2.24) is 0 Å². The number of ether oxygens (including phenoxy) is 4. The van der Waals surface area contributed by atoms with Crippen molar-refractivity contribution in [2.24, 2.45) is 11.8 Å². The molecule has 0 heterocycles. The van der Waals surface area contributed by atoms with Crippen molar-refractivity contribution in [3.63, 3.8) is 0 Å². The van der Waals surface area contributed by atoms with Crippen LogP contribution in [0.15, 0.2) is 0 Å². The lowest BCUT2D eigenvalue weighted by atomic mass is 9.99. The zero-order valence-electron chi connectivity index (χ0n) is 71.2. The lowest BCUT2D eigenvalue weighted by Crippen LogP contribution is -2.30. The maximum absolute atomic E-state index is 13.2. The van der Waals surface area contributed by atoms with E-state index >= 15 is 0 Å². The van der Waals surface area contributed by atoms with Crippen LogP contribution in [0.2, 0.25) is 0 Å². The molecule has 6 atom stereocenters. The molecule has 0 amide bonds. The minimum atomic E-state index is -4.97. The van der Waals surface area contributed by atoms with E-state index in [2.05, 4.69) is 41.5 Å². The summed E-state index contributed by atoms with van der Waals surface area (Å²) in [6, 6.07) is 0. The van der Waals surface area contributed by atoms with Crippen LogP contribution in [-0.4, -0.2) is 96.7 Å². The van der Waals surface area contributed by atoms with Gasteiger partial charge in [-0.1, -0.05) is 427 Å². The van der Waals surface area contributed by atoms with Crippen LogP contribution in [0.5, 0.6) is 0 Å².